The maximum atomic E-state index is 12.8. The zero-order chi connectivity index (χ0) is 18.1. The first-order chi connectivity index (χ1) is 12.6. The van der Waals surface area contributed by atoms with Crippen molar-refractivity contribution in [2.75, 3.05) is 6.61 Å². The molecule has 138 valence electrons. The van der Waals surface area contributed by atoms with Crippen LogP contribution < -0.4 is 5.32 Å². The van der Waals surface area contributed by atoms with Gasteiger partial charge in [-0.05, 0) is 69.1 Å². The second-order valence-electron chi connectivity index (χ2n) is 7.25. The highest BCUT2D eigenvalue weighted by Crippen LogP contribution is 2.37. The standard InChI is InChI=1S/C20H24N2O3S/c1-13(14-8-9-14)21-17(23)12-25-20(24)18-15-6-2-3-7-16(15)26-19(18)22-10-4-5-11-22/h4-5,10-11,13-14H,2-3,6-9,12H2,1H3,(H,21,23)/t13-/m1/s1. The molecule has 2 aromatic rings. The van der Waals surface area contributed by atoms with Gasteiger partial charge in [0, 0.05) is 23.3 Å². The van der Waals surface area contributed by atoms with Gasteiger partial charge in [0.15, 0.2) is 6.61 Å². The van der Waals surface area contributed by atoms with E-state index in [0.29, 0.717) is 11.5 Å². The normalized spacial score (nSPS) is 17.4. The van der Waals surface area contributed by atoms with Gasteiger partial charge < -0.3 is 14.6 Å². The Bertz CT molecular complexity index is 805. The summed E-state index contributed by atoms with van der Waals surface area (Å²) in [6.45, 7) is 1.79. The van der Waals surface area contributed by atoms with E-state index in [9.17, 15) is 9.59 Å². The fraction of sp³-hybridized carbons (Fsp3) is 0.500. The molecule has 1 atom stereocenters. The molecular formula is C20H24N2O3S. The van der Waals surface area contributed by atoms with Gasteiger partial charge in [-0.1, -0.05) is 0 Å². The molecule has 2 aliphatic carbocycles. The largest absolute Gasteiger partial charge is 0.452 e. The van der Waals surface area contributed by atoms with Gasteiger partial charge in [0.2, 0.25) is 0 Å². The van der Waals surface area contributed by atoms with Crippen molar-refractivity contribution in [3.05, 3.63) is 40.5 Å². The minimum atomic E-state index is -0.387. The van der Waals surface area contributed by atoms with Crippen molar-refractivity contribution in [1.29, 1.82) is 0 Å². The summed E-state index contributed by atoms with van der Waals surface area (Å²) in [6.07, 6.45) is 10.4. The topological polar surface area (TPSA) is 60.3 Å². The second kappa shape index (κ2) is 7.27. The Kier molecular flexibility index (Phi) is 4.85. The first-order valence-electron chi connectivity index (χ1n) is 9.38. The molecule has 0 spiro atoms. The highest BCUT2D eigenvalue weighted by atomic mass is 32.1. The first kappa shape index (κ1) is 17.3. The Balaban J connectivity index is 1.49. The Morgan fingerprint density at radius 1 is 1.27 bits per heavy atom. The summed E-state index contributed by atoms with van der Waals surface area (Å²) < 4.78 is 7.36. The number of hydrogen-bond acceptors (Lipinski definition) is 4. The van der Waals surface area contributed by atoms with Gasteiger partial charge >= 0.3 is 5.97 Å². The molecular weight excluding hydrogens is 348 g/mol. The molecule has 1 fully saturated rings. The predicted molar refractivity (Wildman–Crippen MR) is 101 cm³/mol. The number of nitrogens with zero attached hydrogens (tertiary/aromatic N) is 1. The number of carbonyl (C=O) groups is 2. The Labute approximate surface area is 157 Å². The minimum absolute atomic E-state index is 0.158. The van der Waals surface area contributed by atoms with Crippen molar-refractivity contribution < 1.29 is 14.3 Å². The van der Waals surface area contributed by atoms with Gasteiger partial charge in [0.1, 0.15) is 5.00 Å². The number of aryl methyl sites for hydroxylation is 1. The lowest BCUT2D eigenvalue weighted by atomic mass is 9.95. The fourth-order valence-corrected chi connectivity index (χ4v) is 4.97. The third-order valence-corrected chi connectivity index (χ3v) is 6.55. The Morgan fingerprint density at radius 2 is 2.00 bits per heavy atom. The molecule has 26 heavy (non-hydrogen) atoms. The van der Waals surface area contributed by atoms with Crippen LogP contribution in [0.4, 0.5) is 0 Å². The summed E-state index contributed by atoms with van der Waals surface area (Å²) in [5.74, 6) is -0.0226. The van der Waals surface area contributed by atoms with Crippen molar-refractivity contribution in [2.24, 2.45) is 5.92 Å². The molecule has 2 aliphatic rings. The highest BCUT2D eigenvalue weighted by Gasteiger charge is 2.30. The van der Waals surface area contributed by atoms with E-state index in [-0.39, 0.29) is 24.5 Å². The fourth-order valence-electron chi connectivity index (χ4n) is 3.63. The quantitative estimate of drug-likeness (QED) is 0.790. The number of hydrogen-bond donors (Lipinski definition) is 1. The molecule has 0 bridgehead atoms. The number of fused-ring (bicyclic) bond motifs is 1. The molecule has 0 saturated heterocycles. The number of amides is 1. The highest BCUT2D eigenvalue weighted by molar-refractivity contribution is 7.15. The summed E-state index contributed by atoms with van der Waals surface area (Å²) >= 11 is 1.67. The van der Waals surface area contributed by atoms with Gasteiger partial charge in [-0.15, -0.1) is 11.3 Å². The van der Waals surface area contributed by atoms with Crippen LogP contribution >= 0.6 is 11.3 Å². The van der Waals surface area contributed by atoms with Crippen molar-refractivity contribution in [3.63, 3.8) is 0 Å². The van der Waals surface area contributed by atoms with E-state index in [2.05, 4.69) is 5.32 Å². The molecule has 1 amide bonds. The zero-order valence-corrected chi connectivity index (χ0v) is 15.8. The molecule has 0 aromatic carbocycles. The van der Waals surface area contributed by atoms with Crippen molar-refractivity contribution >= 4 is 23.2 Å². The van der Waals surface area contributed by atoms with Crippen molar-refractivity contribution in [3.8, 4) is 5.00 Å². The molecule has 0 unspecified atom stereocenters. The lowest BCUT2D eigenvalue weighted by Gasteiger charge is -2.14. The first-order valence-corrected chi connectivity index (χ1v) is 10.2. The van der Waals surface area contributed by atoms with Crippen LogP contribution in [0.5, 0.6) is 0 Å². The summed E-state index contributed by atoms with van der Waals surface area (Å²) in [6, 6.07) is 4.05. The van der Waals surface area contributed by atoms with Crippen LogP contribution in [0.1, 0.15) is 53.4 Å². The lowest BCUT2D eigenvalue weighted by Crippen LogP contribution is -2.37. The molecule has 2 heterocycles. The van der Waals surface area contributed by atoms with E-state index in [4.69, 9.17) is 4.74 Å². The zero-order valence-electron chi connectivity index (χ0n) is 15.0. The maximum Gasteiger partial charge on any atom is 0.341 e. The van der Waals surface area contributed by atoms with E-state index in [1.807, 2.05) is 36.0 Å². The third-order valence-electron chi connectivity index (χ3n) is 5.25. The van der Waals surface area contributed by atoms with Gasteiger partial charge in [0.25, 0.3) is 5.91 Å². The Hall–Kier alpha value is -2.08. The molecule has 0 radical (unpaired) electrons. The van der Waals surface area contributed by atoms with Crippen molar-refractivity contribution in [2.45, 2.75) is 51.5 Å². The van der Waals surface area contributed by atoms with Crippen LogP contribution in [0.25, 0.3) is 5.00 Å². The van der Waals surface area contributed by atoms with Crippen LogP contribution in [0.3, 0.4) is 0 Å². The smallest absolute Gasteiger partial charge is 0.341 e. The molecule has 1 saturated carbocycles. The Morgan fingerprint density at radius 3 is 2.73 bits per heavy atom. The molecule has 2 aromatic heterocycles. The maximum absolute atomic E-state index is 12.8. The number of nitrogens with one attached hydrogen (secondary N) is 1. The van der Waals surface area contributed by atoms with E-state index in [1.165, 1.54) is 17.7 Å². The number of carbonyl (C=O) groups excluding carboxylic acids is 2. The van der Waals surface area contributed by atoms with Crippen LogP contribution in [0.15, 0.2) is 24.5 Å². The second-order valence-corrected chi connectivity index (χ2v) is 8.33. The summed E-state index contributed by atoms with van der Waals surface area (Å²) in [5.41, 5.74) is 1.76. The van der Waals surface area contributed by atoms with Gasteiger partial charge in [-0.25, -0.2) is 4.79 Å². The number of esters is 1. The third kappa shape index (κ3) is 3.56. The summed E-state index contributed by atoms with van der Waals surface area (Å²) in [7, 11) is 0. The summed E-state index contributed by atoms with van der Waals surface area (Å²) in [5, 5.41) is 3.83. The summed E-state index contributed by atoms with van der Waals surface area (Å²) in [4.78, 5) is 26.2. The van der Waals surface area contributed by atoms with Crippen LogP contribution in [-0.4, -0.2) is 29.1 Å². The number of rotatable bonds is 6. The molecule has 0 aliphatic heterocycles. The number of aromatic nitrogens is 1. The van der Waals surface area contributed by atoms with E-state index < -0.39 is 0 Å². The molecule has 1 N–H and O–H groups in total. The van der Waals surface area contributed by atoms with Crippen molar-refractivity contribution in [1.82, 2.24) is 9.88 Å². The van der Waals surface area contributed by atoms with Crippen LogP contribution in [-0.2, 0) is 22.4 Å². The number of thiophene rings is 1. The molecule has 5 nitrogen and oxygen atoms in total. The minimum Gasteiger partial charge on any atom is -0.452 e. The lowest BCUT2D eigenvalue weighted by molar-refractivity contribution is -0.124. The van der Waals surface area contributed by atoms with Gasteiger partial charge in [0.05, 0.1) is 5.56 Å². The average Bonchev–Trinajstić information content (AvgIpc) is 3.21. The average molecular weight is 372 g/mol. The predicted octanol–water partition coefficient (Wildman–Crippen LogP) is 3.49. The monoisotopic (exact) mass is 372 g/mol. The number of ether oxygens (including phenoxy) is 1. The van der Waals surface area contributed by atoms with Crippen LogP contribution in [0.2, 0.25) is 0 Å². The van der Waals surface area contributed by atoms with E-state index in [0.717, 1.165) is 36.2 Å². The van der Waals surface area contributed by atoms with Gasteiger partial charge in [-0.2, -0.15) is 0 Å². The van der Waals surface area contributed by atoms with Gasteiger partial charge in [-0.3, -0.25) is 4.79 Å². The molecule has 6 heteroatoms. The molecule has 4 rings (SSSR count). The van der Waals surface area contributed by atoms with E-state index >= 15 is 0 Å². The van der Waals surface area contributed by atoms with Crippen LogP contribution in [0, 0.1) is 5.92 Å². The van der Waals surface area contributed by atoms with E-state index in [1.54, 1.807) is 11.3 Å². The SMILES string of the molecule is C[C@@H](NC(=O)COC(=O)c1c(-n2cccc2)sc2c1CCCC2)C1CC1.